The SMILES string of the molecule is CO[Si](CCCN1COc2ccccc2C1)(OC)OC. The molecule has 0 amide bonds. The van der Waals surface area contributed by atoms with Gasteiger partial charge in [-0.05, 0) is 12.5 Å². The van der Waals surface area contributed by atoms with Gasteiger partial charge in [0.15, 0.2) is 0 Å². The Morgan fingerprint density at radius 1 is 1.15 bits per heavy atom. The average Bonchev–Trinajstić information content (AvgIpc) is 2.52. The maximum atomic E-state index is 5.74. The van der Waals surface area contributed by atoms with E-state index in [1.807, 2.05) is 18.2 Å². The van der Waals surface area contributed by atoms with E-state index >= 15 is 0 Å². The monoisotopic (exact) mass is 297 g/mol. The minimum Gasteiger partial charge on any atom is -0.478 e. The van der Waals surface area contributed by atoms with Gasteiger partial charge in [0, 0.05) is 46.0 Å². The molecule has 6 heteroatoms. The van der Waals surface area contributed by atoms with Crippen LogP contribution in [0.2, 0.25) is 6.04 Å². The van der Waals surface area contributed by atoms with Crippen molar-refractivity contribution in [3.63, 3.8) is 0 Å². The van der Waals surface area contributed by atoms with E-state index in [0.29, 0.717) is 6.73 Å². The van der Waals surface area contributed by atoms with Gasteiger partial charge in [-0.25, -0.2) is 0 Å². The van der Waals surface area contributed by atoms with Crippen molar-refractivity contribution in [1.82, 2.24) is 4.90 Å². The predicted octanol–water partition coefficient (Wildman–Crippen LogP) is 2.11. The molecule has 0 unspecified atom stereocenters. The Labute approximate surface area is 121 Å². The number of hydrogen-bond donors (Lipinski definition) is 0. The lowest BCUT2D eigenvalue weighted by atomic mass is 10.1. The molecule has 0 aliphatic carbocycles. The van der Waals surface area contributed by atoms with Gasteiger partial charge in [-0.15, -0.1) is 0 Å². The van der Waals surface area contributed by atoms with Gasteiger partial charge in [0.05, 0.1) is 0 Å². The first-order valence-electron chi connectivity index (χ1n) is 6.81. The topological polar surface area (TPSA) is 40.2 Å². The van der Waals surface area contributed by atoms with Crippen molar-refractivity contribution in [3.8, 4) is 5.75 Å². The molecule has 0 N–H and O–H groups in total. The molecule has 0 saturated carbocycles. The molecule has 0 radical (unpaired) electrons. The van der Waals surface area contributed by atoms with Crippen LogP contribution in [0.1, 0.15) is 12.0 Å². The molecular formula is C14H23NO4Si. The summed E-state index contributed by atoms with van der Waals surface area (Å²) < 4.78 is 22.0. The van der Waals surface area contributed by atoms with Crippen LogP contribution in [0.4, 0.5) is 0 Å². The second kappa shape index (κ2) is 7.19. The lowest BCUT2D eigenvalue weighted by molar-refractivity contribution is 0.0896. The van der Waals surface area contributed by atoms with Crippen molar-refractivity contribution in [2.75, 3.05) is 34.6 Å². The summed E-state index contributed by atoms with van der Waals surface area (Å²) in [4.78, 5) is 2.28. The Morgan fingerprint density at radius 3 is 2.55 bits per heavy atom. The van der Waals surface area contributed by atoms with E-state index in [1.54, 1.807) is 21.3 Å². The van der Waals surface area contributed by atoms with Crippen LogP contribution >= 0.6 is 0 Å². The fourth-order valence-corrected chi connectivity index (χ4v) is 4.15. The van der Waals surface area contributed by atoms with Crippen LogP contribution in [0.5, 0.6) is 5.75 Å². The van der Waals surface area contributed by atoms with Gasteiger partial charge < -0.3 is 18.0 Å². The van der Waals surface area contributed by atoms with Gasteiger partial charge in [-0.2, -0.15) is 0 Å². The Balaban J connectivity index is 1.81. The van der Waals surface area contributed by atoms with E-state index in [-0.39, 0.29) is 0 Å². The van der Waals surface area contributed by atoms with Crippen LogP contribution in [-0.4, -0.2) is 48.3 Å². The number of benzene rings is 1. The van der Waals surface area contributed by atoms with Gasteiger partial charge in [0.1, 0.15) is 12.5 Å². The molecule has 5 nitrogen and oxygen atoms in total. The first-order chi connectivity index (χ1) is 9.73. The lowest BCUT2D eigenvalue weighted by Crippen LogP contribution is -2.43. The quantitative estimate of drug-likeness (QED) is 0.721. The van der Waals surface area contributed by atoms with E-state index in [0.717, 1.165) is 31.3 Å². The molecule has 2 rings (SSSR count). The maximum absolute atomic E-state index is 5.74. The molecule has 112 valence electrons. The lowest BCUT2D eigenvalue weighted by Gasteiger charge is -2.30. The first kappa shape index (κ1) is 15.5. The van der Waals surface area contributed by atoms with Crippen molar-refractivity contribution < 1.29 is 18.0 Å². The number of para-hydroxylation sites is 1. The highest BCUT2D eigenvalue weighted by Gasteiger charge is 2.37. The van der Waals surface area contributed by atoms with Crippen molar-refractivity contribution >= 4 is 8.80 Å². The second-order valence-corrected chi connectivity index (χ2v) is 7.92. The van der Waals surface area contributed by atoms with Gasteiger partial charge in [-0.1, -0.05) is 18.2 Å². The molecule has 1 aromatic carbocycles. The molecule has 0 bridgehead atoms. The predicted molar refractivity (Wildman–Crippen MR) is 78.6 cm³/mol. The van der Waals surface area contributed by atoms with Gasteiger partial charge >= 0.3 is 8.80 Å². The van der Waals surface area contributed by atoms with Crippen molar-refractivity contribution in [1.29, 1.82) is 0 Å². The molecule has 0 aromatic heterocycles. The molecule has 0 atom stereocenters. The molecule has 1 heterocycles. The molecule has 20 heavy (non-hydrogen) atoms. The summed E-state index contributed by atoms with van der Waals surface area (Å²) in [5.74, 6) is 0.998. The number of rotatable bonds is 7. The Morgan fingerprint density at radius 2 is 1.85 bits per heavy atom. The van der Waals surface area contributed by atoms with Gasteiger partial charge in [0.25, 0.3) is 0 Å². The first-order valence-corrected chi connectivity index (χ1v) is 8.74. The minimum absolute atomic E-state index is 0.637. The smallest absolute Gasteiger partial charge is 0.478 e. The highest BCUT2D eigenvalue weighted by molar-refractivity contribution is 6.60. The number of ether oxygens (including phenoxy) is 1. The van der Waals surface area contributed by atoms with Crippen molar-refractivity contribution in [2.45, 2.75) is 19.0 Å². The van der Waals surface area contributed by atoms with E-state index < -0.39 is 8.80 Å². The Hall–Kier alpha value is -0.923. The van der Waals surface area contributed by atoms with Crippen LogP contribution < -0.4 is 4.74 Å². The van der Waals surface area contributed by atoms with E-state index in [1.165, 1.54) is 5.56 Å². The van der Waals surface area contributed by atoms with E-state index in [9.17, 15) is 0 Å². The second-order valence-electron chi connectivity index (χ2n) is 4.83. The average molecular weight is 297 g/mol. The number of hydrogen-bond acceptors (Lipinski definition) is 5. The fourth-order valence-electron chi connectivity index (χ4n) is 2.44. The van der Waals surface area contributed by atoms with E-state index in [2.05, 4.69) is 11.0 Å². The van der Waals surface area contributed by atoms with Crippen molar-refractivity contribution in [3.05, 3.63) is 29.8 Å². The largest absolute Gasteiger partial charge is 0.500 e. The molecule has 1 aliphatic heterocycles. The third-order valence-corrected chi connectivity index (χ3v) is 6.49. The third-order valence-electron chi connectivity index (χ3n) is 3.66. The highest BCUT2D eigenvalue weighted by Crippen LogP contribution is 2.24. The summed E-state index contributed by atoms with van der Waals surface area (Å²) in [6.45, 7) is 2.51. The molecule has 1 aromatic rings. The zero-order valence-electron chi connectivity index (χ0n) is 12.4. The normalized spacial score (nSPS) is 15.8. The van der Waals surface area contributed by atoms with Crippen LogP contribution in [0.25, 0.3) is 0 Å². The van der Waals surface area contributed by atoms with Crippen molar-refractivity contribution in [2.24, 2.45) is 0 Å². The summed E-state index contributed by atoms with van der Waals surface area (Å²) in [6.07, 6.45) is 0.966. The molecular weight excluding hydrogens is 274 g/mol. The third kappa shape index (κ3) is 3.59. The molecule has 0 saturated heterocycles. The Bertz CT molecular complexity index is 417. The molecule has 1 aliphatic rings. The summed E-state index contributed by atoms with van der Waals surface area (Å²) in [6, 6.07) is 8.99. The van der Waals surface area contributed by atoms with Gasteiger partial charge in [0.2, 0.25) is 0 Å². The van der Waals surface area contributed by atoms with Gasteiger partial charge in [-0.3, -0.25) is 4.90 Å². The zero-order chi connectivity index (χ0) is 14.4. The van der Waals surface area contributed by atoms with Crippen LogP contribution in [0.15, 0.2) is 24.3 Å². The summed E-state index contributed by atoms with van der Waals surface area (Å²) in [5, 5.41) is 0. The fraction of sp³-hybridized carbons (Fsp3) is 0.571. The zero-order valence-corrected chi connectivity index (χ0v) is 13.4. The number of nitrogens with zero attached hydrogens (tertiary/aromatic N) is 1. The molecule has 0 fully saturated rings. The summed E-state index contributed by atoms with van der Waals surface area (Å²) >= 11 is 0. The summed E-state index contributed by atoms with van der Waals surface area (Å²) in [7, 11) is 2.52. The standard InChI is InChI=1S/C14H23NO4Si/c1-16-20(17-2,18-3)10-6-9-15-11-13-7-4-5-8-14(13)19-12-15/h4-5,7-8H,6,9-12H2,1-3H3. The summed E-state index contributed by atoms with van der Waals surface area (Å²) in [5.41, 5.74) is 1.24. The minimum atomic E-state index is -2.44. The highest BCUT2D eigenvalue weighted by atomic mass is 28.4. The van der Waals surface area contributed by atoms with E-state index in [4.69, 9.17) is 18.0 Å². The Kier molecular flexibility index (Phi) is 5.56. The van der Waals surface area contributed by atoms with Crippen LogP contribution in [0.3, 0.4) is 0 Å². The number of fused-ring (bicyclic) bond motifs is 1. The molecule has 0 spiro atoms. The van der Waals surface area contributed by atoms with Crippen LogP contribution in [-0.2, 0) is 19.8 Å². The maximum Gasteiger partial charge on any atom is 0.500 e. The van der Waals surface area contributed by atoms with Crippen LogP contribution in [0, 0.1) is 0 Å².